The Kier molecular flexibility index (Phi) is 5.95. The highest BCUT2D eigenvalue weighted by molar-refractivity contribution is 5.91. The molecule has 1 aliphatic rings. The third-order valence-corrected chi connectivity index (χ3v) is 5.67. The Morgan fingerprint density at radius 1 is 1.21 bits per heavy atom. The average Bonchev–Trinajstić information content (AvgIpc) is 3.15. The zero-order valence-corrected chi connectivity index (χ0v) is 19.2. The van der Waals surface area contributed by atoms with Crippen molar-refractivity contribution in [3.63, 3.8) is 0 Å². The van der Waals surface area contributed by atoms with Crippen molar-refractivity contribution in [3.8, 4) is 5.75 Å². The van der Waals surface area contributed by atoms with Crippen LogP contribution in [0.1, 0.15) is 16.1 Å². The molecule has 3 heterocycles. The number of ether oxygens (including phenoxy) is 2. The summed E-state index contributed by atoms with van der Waals surface area (Å²) >= 11 is 0. The van der Waals surface area contributed by atoms with Crippen molar-refractivity contribution in [2.45, 2.75) is 6.61 Å². The third-order valence-electron chi connectivity index (χ3n) is 5.67. The number of carbonyl (C=O) groups is 1. The first-order chi connectivity index (χ1) is 15.8. The molecule has 1 aliphatic heterocycles. The Balaban J connectivity index is 1.93. The summed E-state index contributed by atoms with van der Waals surface area (Å²) in [5, 5.41) is 0. The number of aromatic nitrogens is 2. The Bertz CT molecular complexity index is 1270. The topological polar surface area (TPSA) is 79.6 Å². The van der Waals surface area contributed by atoms with Crippen molar-refractivity contribution in [2.75, 3.05) is 51.1 Å². The largest absolute Gasteiger partial charge is 0.481 e. The summed E-state index contributed by atoms with van der Waals surface area (Å²) in [5.41, 5.74) is 2.01. The lowest BCUT2D eigenvalue weighted by atomic mass is 10.2. The molecule has 0 amide bonds. The van der Waals surface area contributed by atoms with Gasteiger partial charge in [-0.3, -0.25) is 9.20 Å². The van der Waals surface area contributed by atoms with Crippen LogP contribution in [0.3, 0.4) is 0 Å². The van der Waals surface area contributed by atoms with Gasteiger partial charge in [-0.05, 0) is 11.6 Å². The Hall–Kier alpha value is -4.01. The molecule has 1 saturated heterocycles. The molecule has 1 aromatic carbocycles. The van der Waals surface area contributed by atoms with Gasteiger partial charge in [-0.1, -0.05) is 36.9 Å². The number of fused-ring (bicyclic) bond motifs is 1. The van der Waals surface area contributed by atoms with Crippen molar-refractivity contribution < 1.29 is 14.3 Å². The molecule has 33 heavy (non-hydrogen) atoms. The fourth-order valence-corrected chi connectivity index (χ4v) is 3.70. The number of rotatable bonds is 6. The minimum atomic E-state index is -0.738. The lowest BCUT2D eigenvalue weighted by molar-refractivity contribution is 0.0588. The smallest absolute Gasteiger partial charge is 0.360 e. The molecule has 0 N–H and O–H groups in total. The van der Waals surface area contributed by atoms with Crippen molar-refractivity contribution in [3.05, 3.63) is 76.6 Å². The van der Waals surface area contributed by atoms with Gasteiger partial charge in [0.2, 0.25) is 5.75 Å². The molecule has 9 nitrogen and oxygen atoms in total. The van der Waals surface area contributed by atoms with E-state index in [9.17, 15) is 9.59 Å². The zero-order chi connectivity index (χ0) is 23.7. The summed E-state index contributed by atoms with van der Waals surface area (Å²) in [4.78, 5) is 36.7. The van der Waals surface area contributed by atoms with Crippen LogP contribution in [0, 0.1) is 0 Å². The monoisotopic (exact) mass is 449 g/mol. The molecule has 0 saturated carbocycles. The molecule has 1 fully saturated rings. The van der Waals surface area contributed by atoms with Gasteiger partial charge in [-0.15, -0.1) is 0 Å². The van der Waals surface area contributed by atoms with Gasteiger partial charge in [0.25, 0.3) is 0 Å². The van der Waals surface area contributed by atoms with E-state index in [1.54, 1.807) is 6.20 Å². The first kappa shape index (κ1) is 22.2. The molecule has 0 radical (unpaired) electrons. The number of benzene rings is 1. The number of nitrogens with zero attached hydrogens (tertiary/aromatic N) is 5. The second-order valence-corrected chi connectivity index (χ2v) is 8.02. The van der Waals surface area contributed by atoms with E-state index in [0.29, 0.717) is 17.9 Å². The van der Waals surface area contributed by atoms with E-state index in [1.807, 2.05) is 72.2 Å². The van der Waals surface area contributed by atoms with E-state index in [1.165, 1.54) is 11.5 Å². The van der Waals surface area contributed by atoms with E-state index in [4.69, 9.17) is 9.47 Å². The van der Waals surface area contributed by atoms with Crippen molar-refractivity contribution in [1.29, 1.82) is 0 Å². The predicted octanol–water partition coefficient (Wildman–Crippen LogP) is 2.35. The quantitative estimate of drug-likeness (QED) is 0.531. The predicted molar refractivity (Wildman–Crippen MR) is 127 cm³/mol. The summed E-state index contributed by atoms with van der Waals surface area (Å²) in [6.07, 6.45) is 1.69. The molecule has 0 spiro atoms. The second kappa shape index (κ2) is 8.85. The number of likely N-dealkylation sites (N-methyl/N-ethyl adjacent to an activating group) is 1. The molecular formula is C24H27N5O4. The highest BCUT2D eigenvalue weighted by Crippen LogP contribution is 2.32. The van der Waals surface area contributed by atoms with Crippen molar-refractivity contribution >= 4 is 23.0 Å². The van der Waals surface area contributed by atoms with Gasteiger partial charge in [-0.2, -0.15) is 0 Å². The summed E-state index contributed by atoms with van der Waals surface area (Å²) in [7, 11) is 6.99. The first-order valence-electron chi connectivity index (χ1n) is 10.5. The summed E-state index contributed by atoms with van der Waals surface area (Å²) in [6.45, 7) is 5.73. The van der Waals surface area contributed by atoms with E-state index in [-0.39, 0.29) is 18.1 Å². The van der Waals surface area contributed by atoms with Gasteiger partial charge in [0, 0.05) is 40.4 Å². The van der Waals surface area contributed by atoms with E-state index < -0.39 is 11.5 Å². The lowest BCUT2D eigenvalue weighted by Crippen LogP contribution is -2.27. The number of hydrogen-bond donors (Lipinski definition) is 0. The molecule has 0 atom stereocenters. The maximum atomic E-state index is 13.6. The number of methoxy groups -OCH3 is 1. The van der Waals surface area contributed by atoms with E-state index in [2.05, 4.69) is 11.6 Å². The highest BCUT2D eigenvalue weighted by Gasteiger charge is 2.28. The lowest BCUT2D eigenvalue weighted by Gasteiger charge is -2.25. The van der Waals surface area contributed by atoms with Gasteiger partial charge in [0.05, 0.1) is 18.5 Å². The standard InChI is InChI=1S/C24H27N5O4/c1-16-27(4)11-12-28(16)19-13-18(26(2)3)14-29-22(19)25-20(24(31)32-5)21(23(29)30)33-15-17-9-7-6-8-10-17/h6-10,13-14H,1,11-12,15H2,2-5H3. The molecular weight excluding hydrogens is 422 g/mol. The van der Waals surface area contributed by atoms with Crippen molar-refractivity contribution in [2.24, 2.45) is 0 Å². The molecule has 0 unspecified atom stereocenters. The number of hydrogen-bond acceptors (Lipinski definition) is 8. The second-order valence-electron chi connectivity index (χ2n) is 8.02. The highest BCUT2D eigenvalue weighted by atomic mass is 16.5. The van der Waals surface area contributed by atoms with Crippen LogP contribution >= 0.6 is 0 Å². The fourth-order valence-electron chi connectivity index (χ4n) is 3.70. The Labute approximate surface area is 192 Å². The minimum absolute atomic E-state index is 0.113. The van der Waals surface area contributed by atoms with E-state index >= 15 is 0 Å². The van der Waals surface area contributed by atoms with Crippen LogP contribution in [0.5, 0.6) is 5.75 Å². The molecule has 2 aromatic heterocycles. The number of anilines is 2. The molecule has 9 heteroatoms. The van der Waals surface area contributed by atoms with Crippen LogP contribution in [0.2, 0.25) is 0 Å². The first-order valence-corrected chi connectivity index (χ1v) is 10.5. The average molecular weight is 450 g/mol. The third kappa shape index (κ3) is 4.09. The SMILES string of the molecule is C=C1N(C)CCN1c1cc(N(C)C)cn2c(=O)c(OCc3ccccc3)c(C(=O)OC)nc12. The van der Waals surface area contributed by atoms with Crippen LogP contribution in [-0.2, 0) is 11.3 Å². The molecule has 3 aromatic rings. The van der Waals surface area contributed by atoms with Gasteiger partial charge < -0.3 is 24.2 Å². The molecule has 0 bridgehead atoms. The van der Waals surface area contributed by atoms with Crippen LogP contribution in [0.4, 0.5) is 11.4 Å². The zero-order valence-electron chi connectivity index (χ0n) is 19.2. The van der Waals surface area contributed by atoms with Gasteiger partial charge in [0.15, 0.2) is 11.3 Å². The van der Waals surface area contributed by atoms with Crippen LogP contribution in [-0.4, -0.2) is 61.6 Å². The molecule has 4 rings (SSSR count). The van der Waals surface area contributed by atoms with Crippen LogP contribution < -0.4 is 20.1 Å². The molecule has 172 valence electrons. The van der Waals surface area contributed by atoms with Gasteiger partial charge in [-0.25, -0.2) is 9.78 Å². The molecule has 0 aliphatic carbocycles. The van der Waals surface area contributed by atoms with Crippen molar-refractivity contribution in [1.82, 2.24) is 14.3 Å². The summed E-state index contributed by atoms with van der Waals surface area (Å²) in [6, 6.07) is 11.3. The van der Waals surface area contributed by atoms with E-state index in [0.717, 1.165) is 23.6 Å². The number of pyridine rings is 1. The van der Waals surface area contributed by atoms with Crippen LogP contribution in [0.25, 0.3) is 5.65 Å². The maximum Gasteiger partial charge on any atom is 0.360 e. The van der Waals surface area contributed by atoms with Gasteiger partial charge in [0.1, 0.15) is 12.4 Å². The summed E-state index contributed by atoms with van der Waals surface area (Å²) < 4.78 is 12.2. The Morgan fingerprint density at radius 2 is 1.94 bits per heavy atom. The normalized spacial score (nSPS) is 13.5. The number of esters is 1. The van der Waals surface area contributed by atoms with Gasteiger partial charge >= 0.3 is 11.5 Å². The fraction of sp³-hybridized carbons (Fsp3) is 0.292. The maximum absolute atomic E-state index is 13.6. The minimum Gasteiger partial charge on any atom is -0.481 e. The Morgan fingerprint density at radius 3 is 2.55 bits per heavy atom. The number of carbonyl (C=O) groups excluding carboxylic acids is 1. The summed E-state index contributed by atoms with van der Waals surface area (Å²) in [5.74, 6) is -0.105. The van der Waals surface area contributed by atoms with Crippen LogP contribution in [0.15, 0.2) is 59.8 Å².